The van der Waals surface area contributed by atoms with Gasteiger partial charge in [-0.25, -0.2) is 9.59 Å². The molecule has 2 aliphatic rings. The number of aromatic amines is 2. The summed E-state index contributed by atoms with van der Waals surface area (Å²) in [5.74, 6) is 0. The Balaban J connectivity index is 0.000000347. The van der Waals surface area contributed by atoms with E-state index in [-0.39, 0.29) is 85.6 Å². The second-order valence-corrected chi connectivity index (χ2v) is 17.1. The van der Waals surface area contributed by atoms with Gasteiger partial charge in [0.25, 0.3) is 11.1 Å². The Hall–Kier alpha value is -1.94. The average molecular weight is 909 g/mol. The van der Waals surface area contributed by atoms with E-state index in [0.717, 1.165) is 0 Å². The molecule has 4 heterocycles. The molecule has 51 heavy (non-hydrogen) atoms. The summed E-state index contributed by atoms with van der Waals surface area (Å²) < 4.78 is 39.0. The second kappa shape index (κ2) is 17.5. The fraction of sp³-hybridized carbons (Fsp3) is 0.778. The van der Waals surface area contributed by atoms with Gasteiger partial charge in [-0.15, -0.1) is 0 Å². The van der Waals surface area contributed by atoms with Crippen molar-refractivity contribution < 1.29 is 56.1 Å². The van der Waals surface area contributed by atoms with Crippen LogP contribution in [0.15, 0.2) is 31.6 Å². The Morgan fingerprint density at radius 3 is 1.20 bits per heavy atom. The summed E-state index contributed by atoms with van der Waals surface area (Å²) in [4.78, 5) is 52.1. The van der Waals surface area contributed by atoms with Crippen LogP contribution in [0.1, 0.15) is 120 Å². The number of rotatable bonds is 8. The van der Waals surface area contributed by atoms with Gasteiger partial charge in [0.15, 0.2) is 0 Å². The standard InChI is InChI=1S/2C18H30N2O5.Hg/c2*1-11-9-20(16(22)19-15(11)21)14-8-12(25-18(5,6)7)13(24-14)10-23-17(2,3)4;/h2*9,12-14H,8,10H2,1-7H3,(H,19,21,22);. The minimum atomic E-state index is -0.496. The second-order valence-electron chi connectivity index (χ2n) is 17.1. The van der Waals surface area contributed by atoms with Crippen LogP contribution in [-0.2, 0) is 56.1 Å². The van der Waals surface area contributed by atoms with Crippen LogP contribution < -0.4 is 22.5 Å². The molecular weight excluding hydrogens is 849 g/mol. The zero-order valence-electron chi connectivity index (χ0n) is 33.1. The molecular formula is C36H60HgN4O10. The van der Waals surface area contributed by atoms with Crippen molar-refractivity contribution in [2.24, 2.45) is 0 Å². The molecule has 0 spiro atoms. The Labute approximate surface area is 321 Å². The molecule has 2 saturated heterocycles. The summed E-state index contributed by atoms with van der Waals surface area (Å²) >= 11 is 0. The molecule has 2 aromatic rings. The zero-order chi connectivity index (χ0) is 38.0. The third-order valence-corrected chi connectivity index (χ3v) is 7.64. The predicted molar refractivity (Wildman–Crippen MR) is 190 cm³/mol. The van der Waals surface area contributed by atoms with Crippen molar-refractivity contribution in [3.8, 4) is 0 Å². The number of nitrogens with zero attached hydrogens (tertiary/aromatic N) is 2. The topological polar surface area (TPSA) is 165 Å². The molecule has 14 nitrogen and oxygen atoms in total. The van der Waals surface area contributed by atoms with Crippen LogP contribution in [0.4, 0.5) is 0 Å². The maximum Gasteiger partial charge on any atom is 0.330 e. The fourth-order valence-electron chi connectivity index (χ4n) is 5.46. The molecule has 2 fully saturated rings. The fourth-order valence-corrected chi connectivity index (χ4v) is 5.46. The molecule has 15 heteroatoms. The summed E-state index contributed by atoms with van der Waals surface area (Å²) in [6.45, 7) is 27.9. The summed E-state index contributed by atoms with van der Waals surface area (Å²) in [6.07, 6.45) is 2.12. The van der Waals surface area contributed by atoms with Crippen LogP contribution in [0.5, 0.6) is 0 Å². The molecule has 0 aliphatic carbocycles. The largest absolute Gasteiger partial charge is 0.373 e. The molecule has 2 aliphatic heterocycles. The first kappa shape index (κ1) is 45.2. The summed E-state index contributed by atoms with van der Waals surface area (Å²) in [5.41, 5.74) is -2.05. The molecule has 6 unspecified atom stereocenters. The SMILES string of the molecule is Cc1cn(C2CC(OC(C)(C)C)C(COC(C)(C)C)O2)c(=O)[nH]c1=O.Cc1cn(C2CC(OC(C)(C)C)C(COC(C)(C)C)O2)c(=O)[nH]c1=O.[Hg]. The predicted octanol–water partition coefficient (Wildman–Crippen LogP) is 4.26. The molecule has 286 valence electrons. The van der Waals surface area contributed by atoms with Crippen LogP contribution in [0.25, 0.3) is 0 Å². The van der Waals surface area contributed by atoms with Gasteiger partial charge in [-0.1, -0.05) is 0 Å². The summed E-state index contributed by atoms with van der Waals surface area (Å²) in [7, 11) is 0. The van der Waals surface area contributed by atoms with Gasteiger partial charge in [-0.2, -0.15) is 0 Å². The Morgan fingerprint density at radius 2 is 0.922 bits per heavy atom. The van der Waals surface area contributed by atoms with Gasteiger partial charge < -0.3 is 28.4 Å². The number of nitrogens with one attached hydrogen (secondary N) is 2. The molecule has 0 aromatic carbocycles. The van der Waals surface area contributed by atoms with E-state index in [1.165, 1.54) is 21.5 Å². The minimum absolute atomic E-state index is 0. The van der Waals surface area contributed by atoms with Crippen molar-refractivity contribution in [1.82, 2.24) is 19.1 Å². The van der Waals surface area contributed by atoms with E-state index in [1.807, 2.05) is 83.1 Å². The maximum absolute atomic E-state index is 12.2. The van der Waals surface area contributed by atoms with E-state index < -0.39 is 23.8 Å². The molecule has 2 aromatic heterocycles. The van der Waals surface area contributed by atoms with Crippen molar-refractivity contribution in [3.05, 3.63) is 65.2 Å². The molecule has 0 saturated carbocycles. The first-order valence-corrected chi connectivity index (χ1v) is 17.3. The number of hydrogen-bond donors (Lipinski definition) is 2. The molecule has 2 N–H and O–H groups in total. The van der Waals surface area contributed by atoms with Crippen LogP contribution in [-0.4, -0.2) is 79.1 Å². The van der Waals surface area contributed by atoms with E-state index in [1.54, 1.807) is 13.8 Å². The third kappa shape index (κ3) is 14.4. The van der Waals surface area contributed by atoms with Crippen LogP contribution in [0.3, 0.4) is 0 Å². The van der Waals surface area contributed by atoms with Crippen molar-refractivity contribution in [1.29, 1.82) is 0 Å². The molecule has 0 radical (unpaired) electrons. The number of aryl methyl sites for hydroxylation is 2. The van der Waals surface area contributed by atoms with Gasteiger partial charge in [0, 0.05) is 64.0 Å². The molecule has 4 rings (SSSR count). The van der Waals surface area contributed by atoms with E-state index in [4.69, 9.17) is 28.4 Å². The van der Waals surface area contributed by atoms with Crippen LogP contribution in [0.2, 0.25) is 0 Å². The molecule has 0 bridgehead atoms. The van der Waals surface area contributed by atoms with Crippen LogP contribution in [0, 0.1) is 13.8 Å². The Bertz CT molecular complexity index is 1550. The van der Waals surface area contributed by atoms with Crippen molar-refractivity contribution in [3.63, 3.8) is 0 Å². The zero-order valence-corrected chi connectivity index (χ0v) is 38.6. The Kier molecular flexibility index (Phi) is 15.5. The van der Waals surface area contributed by atoms with Crippen molar-refractivity contribution in [2.45, 2.75) is 169 Å². The molecule has 6 atom stereocenters. The first-order chi connectivity index (χ1) is 22.7. The summed E-state index contributed by atoms with van der Waals surface area (Å²) in [5, 5.41) is 0. The molecule has 0 amide bonds. The van der Waals surface area contributed by atoms with Gasteiger partial charge in [-0.3, -0.25) is 28.7 Å². The number of aromatic nitrogens is 4. The number of H-pyrrole nitrogens is 2. The third-order valence-electron chi connectivity index (χ3n) is 7.64. The maximum atomic E-state index is 12.2. The van der Waals surface area contributed by atoms with Gasteiger partial charge in [0.05, 0.1) is 47.8 Å². The monoisotopic (exact) mass is 910 g/mol. The smallest absolute Gasteiger partial charge is 0.330 e. The number of ether oxygens (including phenoxy) is 6. The van der Waals surface area contributed by atoms with E-state index in [0.29, 0.717) is 37.2 Å². The average Bonchev–Trinajstić information content (AvgIpc) is 3.51. The van der Waals surface area contributed by atoms with Gasteiger partial charge >= 0.3 is 11.4 Å². The van der Waals surface area contributed by atoms with Gasteiger partial charge in [0.1, 0.15) is 24.7 Å². The Morgan fingerprint density at radius 1 is 0.608 bits per heavy atom. The minimum Gasteiger partial charge on any atom is -0.373 e. The van der Waals surface area contributed by atoms with E-state index >= 15 is 0 Å². The van der Waals surface area contributed by atoms with Gasteiger partial charge in [-0.05, 0) is 96.9 Å². The van der Waals surface area contributed by atoms with Crippen molar-refractivity contribution >= 4 is 0 Å². The van der Waals surface area contributed by atoms with Crippen molar-refractivity contribution in [2.75, 3.05) is 13.2 Å². The van der Waals surface area contributed by atoms with Crippen LogP contribution >= 0.6 is 0 Å². The van der Waals surface area contributed by atoms with E-state index in [9.17, 15) is 19.2 Å². The number of hydrogen-bond acceptors (Lipinski definition) is 10. The first-order valence-electron chi connectivity index (χ1n) is 17.3. The summed E-state index contributed by atoms with van der Waals surface area (Å²) in [6, 6.07) is 0. The normalized spacial score (nSPS) is 24.2. The van der Waals surface area contributed by atoms with Gasteiger partial charge in [0.2, 0.25) is 0 Å². The quantitative estimate of drug-likeness (QED) is 0.366. The van der Waals surface area contributed by atoms with E-state index in [2.05, 4.69) is 9.97 Å².